The van der Waals surface area contributed by atoms with Crippen LogP contribution in [0.4, 0.5) is 0 Å². The van der Waals surface area contributed by atoms with E-state index in [4.69, 9.17) is 4.74 Å². The first-order chi connectivity index (χ1) is 13.0. The van der Waals surface area contributed by atoms with Crippen LogP contribution in [0.5, 0.6) is 5.75 Å². The Morgan fingerprint density at radius 3 is 2.74 bits per heavy atom. The molecule has 2 aromatic carbocycles. The molecule has 1 amide bonds. The molecule has 0 aliphatic carbocycles. The summed E-state index contributed by atoms with van der Waals surface area (Å²) in [5, 5.41) is 0. The topological polar surface area (TPSA) is 43.6 Å². The second-order valence-corrected chi connectivity index (χ2v) is 8.47. The van der Waals surface area contributed by atoms with Crippen molar-refractivity contribution in [3.05, 3.63) is 57.9 Å². The highest BCUT2D eigenvalue weighted by molar-refractivity contribution is 7.98. The minimum absolute atomic E-state index is 0.113. The van der Waals surface area contributed by atoms with Gasteiger partial charge in [0.05, 0.1) is 23.7 Å². The zero-order chi connectivity index (χ0) is 19.4. The summed E-state index contributed by atoms with van der Waals surface area (Å²) in [5.74, 6) is 1.66. The number of methoxy groups -OCH3 is 1. The number of fused-ring (bicyclic) bond motifs is 1. The van der Waals surface area contributed by atoms with E-state index in [2.05, 4.69) is 28.8 Å². The SMILES string of the molecule is COc1ccc2sc(=NC(=O)Cc3ccc(C)cc3C)n(CCSC)c2c1. The molecule has 0 fully saturated rings. The summed E-state index contributed by atoms with van der Waals surface area (Å²) in [4.78, 5) is 17.8. The van der Waals surface area contributed by atoms with Crippen LogP contribution in [-0.4, -0.2) is 29.6 Å². The highest BCUT2D eigenvalue weighted by atomic mass is 32.2. The van der Waals surface area contributed by atoms with Crippen molar-refractivity contribution in [2.45, 2.75) is 26.8 Å². The smallest absolute Gasteiger partial charge is 0.252 e. The maximum absolute atomic E-state index is 12.6. The minimum Gasteiger partial charge on any atom is -0.497 e. The van der Waals surface area contributed by atoms with E-state index in [1.807, 2.05) is 37.3 Å². The average molecular weight is 401 g/mol. The summed E-state index contributed by atoms with van der Waals surface area (Å²) in [5.41, 5.74) is 4.43. The molecule has 0 saturated carbocycles. The molecule has 0 atom stereocenters. The zero-order valence-electron chi connectivity index (χ0n) is 16.1. The molecule has 0 N–H and O–H groups in total. The van der Waals surface area contributed by atoms with Gasteiger partial charge in [-0.3, -0.25) is 4.79 Å². The lowest BCUT2D eigenvalue weighted by Crippen LogP contribution is -2.18. The Hall–Kier alpha value is -2.05. The molecule has 6 heteroatoms. The van der Waals surface area contributed by atoms with Crippen LogP contribution in [-0.2, 0) is 17.8 Å². The van der Waals surface area contributed by atoms with E-state index in [0.717, 1.165) is 44.2 Å². The number of benzene rings is 2. The maximum atomic E-state index is 12.6. The first-order valence-electron chi connectivity index (χ1n) is 8.82. The summed E-state index contributed by atoms with van der Waals surface area (Å²) >= 11 is 3.33. The van der Waals surface area contributed by atoms with E-state index >= 15 is 0 Å². The Balaban J connectivity index is 1.99. The van der Waals surface area contributed by atoms with Gasteiger partial charge in [-0.2, -0.15) is 16.8 Å². The number of amides is 1. The highest BCUT2D eigenvalue weighted by Gasteiger charge is 2.10. The van der Waals surface area contributed by atoms with Gasteiger partial charge in [-0.1, -0.05) is 35.1 Å². The van der Waals surface area contributed by atoms with Gasteiger partial charge in [-0.25, -0.2) is 0 Å². The number of carbonyl (C=O) groups excluding carboxylic acids is 1. The number of thiazole rings is 1. The van der Waals surface area contributed by atoms with Crippen LogP contribution in [0.1, 0.15) is 16.7 Å². The molecule has 3 aromatic rings. The number of carbonyl (C=O) groups is 1. The van der Waals surface area contributed by atoms with E-state index in [1.165, 1.54) is 5.56 Å². The largest absolute Gasteiger partial charge is 0.497 e. The van der Waals surface area contributed by atoms with Crippen LogP contribution in [0.25, 0.3) is 10.2 Å². The van der Waals surface area contributed by atoms with Crippen molar-refractivity contribution in [2.24, 2.45) is 4.99 Å². The molecule has 3 rings (SSSR count). The Labute approximate surface area is 167 Å². The quantitative estimate of drug-likeness (QED) is 0.617. The predicted octanol–water partition coefficient (Wildman–Crippen LogP) is 4.36. The van der Waals surface area contributed by atoms with Gasteiger partial charge in [0.2, 0.25) is 0 Å². The molecule has 1 heterocycles. The van der Waals surface area contributed by atoms with Crippen LogP contribution in [0.3, 0.4) is 0 Å². The molecule has 0 unspecified atom stereocenters. The molecule has 0 aliphatic heterocycles. The Bertz CT molecular complexity index is 1030. The number of hydrogen-bond donors (Lipinski definition) is 0. The van der Waals surface area contributed by atoms with E-state index in [1.54, 1.807) is 30.2 Å². The maximum Gasteiger partial charge on any atom is 0.252 e. The lowest BCUT2D eigenvalue weighted by Gasteiger charge is -2.06. The predicted molar refractivity (Wildman–Crippen MR) is 115 cm³/mol. The van der Waals surface area contributed by atoms with Crippen molar-refractivity contribution in [2.75, 3.05) is 19.1 Å². The standard InChI is InChI=1S/C21H24N2O2S2/c1-14-5-6-16(15(2)11-14)12-20(24)22-21-23(9-10-26-4)18-13-17(25-3)7-8-19(18)27-21/h5-8,11,13H,9-10,12H2,1-4H3. The number of aromatic nitrogens is 1. The van der Waals surface area contributed by atoms with Gasteiger partial charge in [-0.05, 0) is 43.4 Å². The van der Waals surface area contributed by atoms with Crippen LogP contribution >= 0.6 is 23.1 Å². The van der Waals surface area contributed by atoms with Gasteiger partial charge < -0.3 is 9.30 Å². The van der Waals surface area contributed by atoms with Crippen LogP contribution in [0.15, 0.2) is 41.4 Å². The minimum atomic E-state index is -0.113. The molecular formula is C21H24N2O2S2. The molecular weight excluding hydrogens is 376 g/mol. The van der Waals surface area contributed by atoms with Crippen molar-refractivity contribution in [3.63, 3.8) is 0 Å². The van der Waals surface area contributed by atoms with Crippen LogP contribution in [0.2, 0.25) is 0 Å². The molecule has 142 valence electrons. The monoisotopic (exact) mass is 400 g/mol. The fraction of sp³-hybridized carbons (Fsp3) is 0.333. The molecule has 0 bridgehead atoms. The van der Waals surface area contributed by atoms with Gasteiger partial charge in [0, 0.05) is 18.4 Å². The molecule has 0 aliphatic rings. The fourth-order valence-corrected chi connectivity index (χ4v) is 4.43. The molecule has 0 saturated heterocycles. The zero-order valence-corrected chi connectivity index (χ0v) is 17.7. The highest BCUT2D eigenvalue weighted by Crippen LogP contribution is 2.23. The molecule has 27 heavy (non-hydrogen) atoms. The number of rotatable bonds is 6. The summed E-state index contributed by atoms with van der Waals surface area (Å²) < 4.78 is 8.59. The fourth-order valence-electron chi connectivity index (χ4n) is 3.01. The van der Waals surface area contributed by atoms with Crippen molar-refractivity contribution in [1.29, 1.82) is 0 Å². The Kier molecular flexibility index (Phi) is 6.39. The van der Waals surface area contributed by atoms with Crippen LogP contribution in [0, 0.1) is 13.8 Å². The third-order valence-corrected chi connectivity index (χ3v) is 6.12. The van der Waals surface area contributed by atoms with Crippen molar-refractivity contribution in [1.82, 2.24) is 4.57 Å². The average Bonchev–Trinajstić information content (AvgIpc) is 2.98. The van der Waals surface area contributed by atoms with Gasteiger partial charge in [0.15, 0.2) is 4.80 Å². The lowest BCUT2D eigenvalue weighted by atomic mass is 10.0. The van der Waals surface area contributed by atoms with Crippen LogP contribution < -0.4 is 9.54 Å². The first kappa shape index (κ1) is 19.7. The number of thioether (sulfide) groups is 1. The molecule has 1 aromatic heterocycles. The van der Waals surface area contributed by atoms with E-state index in [9.17, 15) is 4.79 Å². The number of nitrogens with zero attached hydrogens (tertiary/aromatic N) is 2. The van der Waals surface area contributed by atoms with Gasteiger partial charge in [0.25, 0.3) is 5.91 Å². The van der Waals surface area contributed by atoms with E-state index in [0.29, 0.717) is 6.42 Å². The molecule has 0 spiro atoms. The summed E-state index contributed by atoms with van der Waals surface area (Å²) in [6.07, 6.45) is 2.41. The summed E-state index contributed by atoms with van der Waals surface area (Å²) in [6, 6.07) is 12.2. The second kappa shape index (κ2) is 8.76. The van der Waals surface area contributed by atoms with E-state index in [-0.39, 0.29) is 5.91 Å². The van der Waals surface area contributed by atoms with Gasteiger partial charge in [0.1, 0.15) is 5.75 Å². The van der Waals surface area contributed by atoms with Crippen molar-refractivity contribution < 1.29 is 9.53 Å². The Morgan fingerprint density at radius 2 is 2.04 bits per heavy atom. The second-order valence-electron chi connectivity index (χ2n) is 6.47. The van der Waals surface area contributed by atoms with Gasteiger partial charge in [-0.15, -0.1) is 0 Å². The molecule has 0 radical (unpaired) electrons. The number of ether oxygens (including phenoxy) is 1. The third kappa shape index (κ3) is 4.62. The first-order valence-corrected chi connectivity index (χ1v) is 11.0. The normalized spacial score (nSPS) is 11.9. The summed E-state index contributed by atoms with van der Waals surface area (Å²) in [7, 11) is 1.67. The third-order valence-electron chi connectivity index (χ3n) is 4.47. The number of hydrogen-bond acceptors (Lipinski definition) is 4. The number of aryl methyl sites for hydroxylation is 3. The van der Waals surface area contributed by atoms with E-state index < -0.39 is 0 Å². The lowest BCUT2D eigenvalue weighted by molar-refractivity contribution is -0.117. The van der Waals surface area contributed by atoms with Crippen molar-refractivity contribution in [3.8, 4) is 5.75 Å². The van der Waals surface area contributed by atoms with Gasteiger partial charge >= 0.3 is 0 Å². The molecule has 4 nitrogen and oxygen atoms in total. The van der Waals surface area contributed by atoms with Crippen molar-refractivity contribution >= 4 is 39.2 Å². The summed E-state index contributed by atoms with van der Waals surface area (Å²) in [6.45, 7) is 4.91. The Morgan fingerprint density at radius 1 is 1.22 bits per heavy atom.